The first kappa shape index (κ1) is 16.8. The van der Waals surface area contributed by atoms with Crippen molar-refractivity contribution in [2.24, 2.45) is 0 Å². The first-order chi connectivity index (χ1) is 8.91. The number of aldehydes is 2. The minimum absolute atomic E-state index is 0.665. The van der Waals surface area contributed by atoms with Gasteiger partial charge in [-0.2, -0.15) is 0 Å². The summed E-state index contributed by atoms with van der Waals surface area (Å²) < 4.78 is 0. The van der Waals surface area contributed by atoms with E-state index in [-0.39, 0.29) is 0 Å². The van der Waals surface area contributed by atoms with Gasteiger partial charge >= 0.3 is 0 Å². The molecular formula is C16H26O2. The van der Waals surface area contributed by atoms with Crippen LogP contribution in [0.15, 0.2) is 24.3 Å². The van der Waals surface area contributed by atoms with Crippen LogP contribution in [0.1, 0.15) is 64.2 Å². The molecule has 2 nitrogen and oxygen atoms in total. The molecule has 0 rings (SSSR count). The molecule has 0 aliphatic rings. The van der Waals surface area contributed by atoms with Crippen LogP contribution in [0.4, 0.5) is 0 Å². The zero-order valence-electron chi connectivity index (χ0n) is 11.4. The van der Waals surface area contributed by atoms with Gasteiger partial charge < -0.3 is 9.59 Å². The van der Waals surface area contributed by atoms with Crippen LogP contribution in [0.3, 0.4) is 0 Å². The molecule has 0 saturated heterocycles. The van der Waals surface area contributed by atoms with E-state index in [4.69, 9.17) is 0 Å². The third-order valence-electron chi connectivity index (χ3n) is 2.77. The second kappa shape index (κ2) is 15.8. The Hall–Kier alpha value is -1.18. The summed E-state index contributed by atoms with van der Waals surface area (Å²) in [5, 5.41) is 0. The number of rotatable bonds is 13. The van der Waals surface area contributed by atoms with Crippen molar-refractivity contribution in [3.63, 3.8) is 0 Å². The van der Waals surface area contributed by atoms with E-state index in [0.29, 0.717) is 6.42 Å². The minimum Gasteiger partial charge on any atom is -0.303 e. The molecule has 0 N–H and O–H groups in total. The van der Waals surface area contributed by atoms with Gasteiger partial charge in [-0.05, 0) is 32.1 Å². The summed E-state index contributed by atoms with van der Waals surface area (Å²) in [4.78, 5) is 20.2. The van der Waals surface area contributed by atoms with Crippen LogP contribution < -0.4 is 0 Å². The lowest BCUT2D eigenvalue weighted by Crippen LogP contribution is -1.80. The molecule has 2 heteroatoms. The summed E-state index contributed by atoms with van der Waals surface area (Å²) in [5.41, 5.74) is 0. The fourth-order valence-electron chi connectivity index (χ4n) is 1.69. The van der Waals surface area contributed by atoms with Crippen molar-refractivity contribution in [1.29, 1.82) is 0 Å². The summed E-state index contributed by atoms with van der Waals surface area (Å²) in [5.74, 6) is 0. The van der Waals surface area contributed by atoms with Crippen molar-refractivity contribution in [1.82, 2.24) is 0 Å². The third kappa shape index (κ3) is 14.8. The first-order valence-electron chi connectivity index (χ1n) is 7.10. The van der Waals surface area contributed by atoms with E-state index in [0.717, 1.165) is 44.7 Å². The molecule has 0 heterocycles. The third-order valence-corrected chi connectivity index (χ3v) is 2.77. The fraction of sp³-hybridized carbons (Fsp3) is 0.625. The molecule has 0 saturated carbocycles. The maximum Gasteiger partial charge on any atom is 0.120 e. The SMILES string of the molecule is O=CCCCC=CC=CCCCCCCCC=O. The Balaban J connectivity index is 3.17. The summed E-state index contributed by atoms with van der Waals surface area (Å²) in [7, 11) is 0. The molecular weight excluding hydrogens is 224 g/mol. The van der Waals surface area contributed by atoms with E-state index in [1.807, 2.05) is 0 Å². The highest BCUT2D eigenvalue weighted by Crippen LogP contribution is 2.06. The molecule has 0 aromatic heterocycles. The summed E-state index contributed by atoms with van der Waals surface area (Å²) in [6.07, 6.45) is 20.8. The van der Waals surface area contributed by atoms with Gasteiger partial charge in [0.2, 0.25) is 0 Å². The van der Waals surface area contributed by atoms with Gasteiger partial charge in [-0.1, -0.05) is 43.6 Å². The van der Waals surface area contributed by atoms with Crippen molar-refractivity contribution in [3.8, 4) is 0 Å². The van der Waals surface area contributed by atoms with Crippen molar-refractivity contribution in [2.45, 2.75) is 64.2 Å². The van der Waals surface area contributed by atoms with Crippen molar-refractivity contribution < 1.29 is 9.59 Å². The molecule has 102 valence electrons. The van der Waals surface area contributed by atoms with Gasteiger partial charge in [0.25, 0.3) is 0 Å². The molecule has 18 heavy (non-hydrogen) atoms. The maximum absolute atomic E-state index is 10.1. The smallest absolute Gasteiger partial charge is 0.120 e. The number of carbonyl (C=O) groups excluding carboxylic acids is 2. The highest BCUT2D eigenvalue weighted by molar-refractivity contribution is 5.49. The lowest BCUT2D eigenvalue weighted by atomic mass is 10.1. The van der Waals surface area contributed by atoms with E-state index >= 15 is 0 Å². The van der Waals surface area contributed by atoms with Crippen molar-refractivity contribution >= 4 is 12.6 Å². The lowest BCUT2D eigenvalue weighted by molar-refractivity contribution is -0.108. The Labute approximate surface area is 111 Å². The first-order valence-corrected chi connectivity index (χ1v) is 7.10. The second-order valence-corrected chi connectivity index (χ2v) is 4.47. The van der Waals surface area contributed by atoms with Crippen LogP contribution in [-0.2, 0) is 9.59 Å². The maximum atomic E-state index is 10.1. The topological polar surface area (TPSA) is 34.1 Å². The zero-order valence-corrected chi connectivity index (χ0v) is 11.4. The molecule has 0 unspecified atom stereocenters. The number of carbonyl (C=O) groups is 2. The molecule has 0 radical (unpaired) electrons. The molecule has 0 spiro atoms. The largest absolute Gasteiger partial charge is 0.303 e. The minimum atomic E-state index is 0.665. The van der Waals surface area contributed by atoms with Gasteiger partial charge in [0.05, 0.1) is 0 Å². The molecule has 0 aromatic rings. The summed E-state index contributed by atoms with van der Waals surface area (Å²) in [6, 6.07) is 0. The summed E-state index contributed by atoms with van der Waals surface area (Å²) >= 11 is 0. The quantitative estimate of drug-likeness (QED) is 0.276. The number of allylic oxidation sites excluding steroid dienone is 4. The molecule has 0 atom stereocenters. The molecule has 0 bridgehead atoms. The van der Waals surface area contributed by atoms with Crippen LogP contribution in [0.2, 0.25) is 0 Å². The van der Waals surface area contributed by atoms with E-state index < -0.39 is 0 Å². The van der Waals surface area contributed by atoms with E-state index in [9.17, 15) is 9.59 Å². The van der Waals surface area contributed by atoms with E-state index in [1.54, 1.807) is 0 Å². The van der Waals surface area contributed by atoms with Crippen molar-refractivity contribution in [2.75, 3.05) is 0 Å². The van der Waals surface area contributed by atoms with Crippen LogP contribution in [0, 0.1) is 0 Å². The lowest BCUT2D eigenvalue weighted by Gasteiger charge is -1.96. The molecule has 0 fully saturated rings. The Morgan fingerprint density at radius 2 is 0.944 bits per heavy atom. The highest BCUT2D eigenvalue weighted by atomic mass is 16.1. The average molecular weight is 250 g/mol. The zero-order chi connectivity index (χ0) is 13.3. The monoisotopic (exact) mass is 250 g/mol. The molecule has 0 amide bonds. The normalized spacial score (nSPS) is 11.3. The predicted molar refractivity (Wildman–Crippen MR) is 76.6 cm³/mol. The van der Waals surface area contributed by atoms with Crippen LogP contribution in [0.5, 0.6) is 0 Å². The Morgan fingerprint density at radius 3 is 1.56 bits per heavy atom. The average Bonchev–Trinajstić information content (AvgIpc) is 2.39. The number of hydrogen-bond donors (Lipinski definition) is 0. The molecule has 0 aliphatic carbocycles. The van der Waals surface area contributed by atoms with Gasteiger partial charge in [-0.3, -0.25) is 0 Å². The van der Waals surface area contributed by atoms with Crippen molar-refractivity contribution in [3.05, 3.63) is 24.3 Å². The van der Waals surface area contributed by atoms with Crippen LogP contribution >= 0.6 is 0 Å². The van der Waals surface area contributed by atoms with Crippen LogP contribution in [-0.4, -0.2) is 12.6 Å². The highest BCUT2D eigenvalue weighted by Gasteiger charge is 1.89. The molecule has 0 aliphatic heterocycles. The summed E-state index contributed by atoms with van der Waals surface area (Å²) in [6.45, 7) is 0. The Bertz CT molecular complexity index is 241. The van der Waals surface area contributed by atoms with E-state index in [2.05, 4.69) is 24.3 Å². The van der Waals surface area contributed by atoms with Gasteiger partial charge in [-0.15, -0.1) is 0 Å². The molecule has 0 aromatic carbocycles. The fourth-order valence-corrected chi connectivity index (χ4v) is 1.69. The second-order valence-electron chi connectivity index (χ2n) is 4.47. The number of hydrogen-bond acceptors (Lipinski definition) is 2. The predicted octanol–water partition coefficient (Wildman–Crippen LogP) is 4.40. The number of unbranched alkanes of at least 4 members (excludes halogenated alkanes) is 8. The van der Waals surface area contributed by atoms with Crippen LogP contribution in [0.25, 0.3) is 0 Å². The van der Waals surface area contributed by atoms with Gasteiger partial charge in [-0.25, -0.2) is 0 Å². The van der Waals surface area contributed by atoms with Gasteiger partial charge in [0, 0.05) is 12.8 Å². The standard InChI is InChI=1S/C16H26O2/c17-15-13-11-9-7-5-3-1-2-4-6-8-10-12-14-16-18/h1,3,5,7,15-16H,2,4,6,8-14H2. The Morgan fingerprint density at radius 1 is 0.500 bits per heavy atom. The van der Waals surface area contributed by atoms with Gasteiger partial charge in [0.15, 0.2) is 0 Å². The van der Waals surface area contributed by atoms with Gasteiger partial charge in [0.1, 0.15) is 12.6 Å². The Kier molecular flexibility index (Phi) is 14.8. The van der Waals surface area contributed by atoms with E-state index in [1.165, 1.54) is 25.7 Å².